The van der Waals surface area contributed by atoms with Gasteiger partial charge in [0.2, 0.25) is 0 Å². The zero-order valence-corrected chi connectivity index (χ0v) is 16.0. The Kier molecular flexibility index (Phi) is 6.15. The minimum atomic E-state index is -0.653. The van der Waals surface area contributed by atoms with Crippen LogP contribution >= 0.6 is 11.3 Å². The molecule has 0 aliphatic carbocycles. The van der Waals surface area contributed by atoms with Crippen molar-refractivity contribution < 1.29 is 19.1 Å². The molecule has 0 bridgehead atoms. The summed E-state index contributed by atoms with van der Waals surface area (Å²) in [4.78, 5) is 36.6. The minimum Gasteiger partial charge on any atom is -0.462 e. The van der Waals surface area contributed by atoms with E-state index in [0.717, 1.165) is 16.9 Å². The quantitative estimate of drug-likeness (QED) is 0.753. The van der Waals surface area contributed by atoms with E-state index in [4.69, 9.17) is 10.5 Å². The summed E-state index contributed by atoms with van der Waals surface area (Å²) < 4.78 is 5.04. The topological polar surface area (TPSA) is 98.5 Å². The van der Waals surface area contributed by atoms with Gasteiger partial charge in [0, 0.05) is 5.56 Å². The lowest BCUT2D eigenvalue weighted by atomic mass is 10.0. The maximum Gasteiger partial charge on any atom is 0.341 e. The monoisotopic (exact) mass is 374 g/mol. The lowest BCUT2D eigenvalue weighted by Gasteiger charge is -2.09. The van der Waals surface area contributed by atoms with Crippen molar-refractivity contribution in [2.45, 2.75) is 33.6 Å². The molecule has 7 heteroatoms. The summed E-state index contributed by atoms with van der Waals surface area (Å²) in [6, 6.07) is 7.23. The van der Waals surface area contributed by atoms with Crippen LogP contribution in [-0.2, 0) is 4.74 Å². The third-order valence-corrected chi connectivity index (χ3v) is 5.14. The lowest BCUT2D eigenvalue weighted by molar-refractivity contribution is 0.0527. The maximum atomic E-state index is 12.5. The molecule has 3 N–H and O–H groups in total. The molecule has 2 aromatic rings. The highest BCUT2D eigenvalue weighted by Crippen LogP contribution is 2.34. The molecule has 26 heavy (non-hydrogen) atoms. The predicted molar refractivity (Wildman–Crippen MR) is 102 cm³/mol. The molecule has 0 radical (unpaired) electrons. The van der Waals surface area contributed by atoms with Gasteiger partial charge in [-0.2, -0.15) is 0 Å². The average molecular weight is 374 g/mol. The Morgan fingerprint density at radius 1 is 1.19 bits per heavy atom. The second-order valence-electron chi connectivity index (χ2n) is 6.08. The molecule has 138 valence electrons. The van der Waals surface area contributed by atoms with E-state index in [1.165, 1.54) is 0 Å². The predicted octanol–water partition coefficient (Wildman–Crippen LogP) is 3.71. The van der Waals surface area contributed by atoms with E-state index in [2.05, 4.69) is 19.2 Å². The Morgan fingerprint density at radius 2 is 1.81 bits per heavy atom. The van der Waals surface area contributed by atoms with E-state index in [9.17, 15) is 14.4 Å². The molecule has 0 aliphatic rings. The summed E-state index contributed by atoms with van der Waals surface area (Å²) >= 11 is 0.972. The van der Waals surface area contributed by atoms with Crippen molar-refractivity contribution >= 4 is 34.1 Å². The molecule has 0 unspecified atom stereocenters. The Balaban J connectivity index is 2.35. The molecule has 2 rings (SSSR count). The van der Waals surface area contributed by atoms with Crippen molar-refractivity contribution in [2.75, 3.05) is 11.9 Å². The van der Waals surface area contributed by atoms with Gasteiger partial charge in [0.05, 0.1) is 17.0 Å². The average Bonchev–Trinajstić information content (AvgIpc) is 2.91. The van der Waals surface area contributed by atoms with Crippen LogP contribution in [0.2, 0.25) is 0 Å². The zero-order chi connectivity index (χ0) is 19.4. The number of hydrogen-bond donors (Lipinski definition) is 2. The van der Waals surface area contributed by atoms with Gasteiger partial charge in [0.1, 0.15) is 5.00 Å². The normalized spacial score (nSPS) is 10.7. The molecule has 0 saturated heterocycles. The molecular formula is C19H22N2O4S. The number of nitrogens with two attached hydrogens (primary N) is 1. The third-order valence-electron chi connectivity index (χ3n) is 3.92. The largest absolute Gasteiger partial charge is 0.462 e. The number of thiophene rings is 1. The van der Waals surface area contributed by atoms with Gasteiger partial charge in [-0.25, -0.2) is 4.79 Å². The van der Waals surface area contributed by atoms with E-state index >= 15 is 0 Å². The van der Waals surface area contributed by atoms with Crippen molar-refractivity contribution in [2.24, 2.45) is 5.73 Å². The molecule has 6 nitrogen and oxygen atoms in total. The molecule has 2 amide bonds. The summed E-state index contributed by atoms with van der Waals surface area (Å²) in [5, 5.41) is 2.96. The summed E-state index contributed by atoms with van der Waals surface area (Å²) in [6.45, 7) is 7.62. The van der Waals surface area contributed by atoms with Gasteiger partial charge in [-0.05, 0) is 43.0 Å². The Labute approximate surface area is 156 Å². The van der Waals surface area contributed by atoms with Crippen molar-refractivity contribution in [1.29, 1.82) is 0 Å². The first-order valence-electron chi connectivity index (χ1n) is 8.27. The maximum absolute atomic E-state index is 12.5. The number of primary amides is 1. The van der Waals surface area contributed by atoms with E-state index in [0.29, 0.717) is 17.0 Å². The smallest absolute Gasteiger partial charge is 0.341 e. The molecule has 1 aromatic heterocycles. The molecule has 0 aliphatic heterocycles. The fourth-order valence-corrected chi connectivity index (χ4v) is 3.52. The number of carbonyl (C=O) groups is 3. The molecule has 1 aromatic carbocycles. The molecular weight excluding hydrogens is 352 g/mol. The second kappa shape index (κ2) is 8.14. The van der Waals surface area contributed by atoms with Crippen molar-refractivity contribution in [3.63, 3.8) is 0 Å². The second-order valence-corrected chi connectivity index (χ2v) is 7.10. The minimum absolute atomic E-state index is 0.165. The van der Waals surface area contributed by atoms with Gasteiger partial charge < -0.3 is 15.8 Å². The fourth-order valence-electron chi connectivity index (χ4n) is 2.48. The van der Waals surface area contributed by atoms with Gasteiger partial charge in [0.15, 0.2) is 0 Å². The molecule has 0 saturated carbocycles. The van der Waals surface area contributed by atoms with E-state index in [1.54, 1.807) is 26.0 Å². The third kappa shape index (κ3) is 4.11. The number of carbonyl (C=O) groups excluding carboxylic acids is 3. The Morgan fingerprint density at radius 3 is 2.31 bits per heavy atom. The highest BCUT2D eigenvalue weighted by molar-refractivity contribution is 7.18. The van der Waals surface area contributed by atoms with Gasteiger partial charge >= 0.3 is 5.97 Å². The van der Waals surface area contributed by atoms with E-state index < -0.39 is 11.9 Å². The number of benzene rings is 1. The van der Waals surface area contributed by atoms with Crippen LogP contribution in [0, 0.1) is 6.92 Å². The highest BCUT2D eigenvalue weighted by atomic mass is 32.1. The van der Waals surface area contributed by atoms with Crippen molar-refractivity contribution in [3.8, 4) is 0 Å². The number of rotatable bonds is 6. The Hall–Kier alpha value is -2.67. The van der Waals surface area contributed by atoms with Crippen LogP contribution < -0.4 is 11.1 Å². The van der Waals surface area contributed by atoms with Gasteiger partial charge in [0.25, 0.3) is 11.8 Å². The van der Waals surface area contributed by atoms with Gasteiger partial charge in [-0.15, -0.1) is 11.3 Å². The van der Waals surface area contributed by atoms with Crippen LogP contribution in [0.3, 0.4) is 0 Å². The summed E-state index contributed by atoms with van der Waals surface area (Å²) in [5.41, 5.74) is 7.51. The molecule has 1 heterocycles. The highest BCUT2D eigenvalue weighted by Gasteiger charge is 2.25. The summed E-state index contributed by atoms with van der Waals surface area (Å²) in [7, 11) is 0. The first-order valence-corrected chi connectivity index (χ1v) is 9.09. The van der Waals surface area contributed by atoms with Crippen molar-refractivity contribution in [1.82, 2.24) is 0 Å². The number of anilines is 1. The van der Waals surface area contributed by atoms with Gasteiger partial charge in [-0.3, -0.25) is 9.59 Å². The number of nitrogens with one attached hydrogen (secondary N) is 1. The van der Waals surface area contributed by atoms with E-state index in [1.807, 2.05) is 12.1 Å². The summed E-state index contributed by atoms with van der Waals surface area (Å²) in [5.74, 6) is -1.26. The molecule has 0 spiro atoms. The van der Waals surface area contributed by atoms with Crippen molar-refractivity contribution in [3.05, 3.63) is 51.4 Å². The first-order chi connectivity index (χ1) is 12.3. The SMILES string of the molecule is CCOC(=O)c1c(NC(=O)c2ccc(C(C)C)cc2)sc(C(N)=O)c1C. The van der Waals surface area contributed by atoms with Crippen LogP contribution in [0.4, 0.5) is 5.00 Å². The van der Waals surface area contributed by atoms with Gasteiger partial charge in [-0.1, -0.05) is 26.0 Å². The zero-order valence-electron chi connectivity index (χ0n) is 15.2. The standard InChI is InChI=1S/C19H22N2O4S/c1-5-25-19(24)14-11(4)15(16(20)22)26-18(14)21-17(23)13-8-6-12(7-9-13)10(2)3/h6-10H,5H2,1-4H3,(H2,20,22)(H,21,23). The number of hydrogen-bond acceptors (Lipinski definition) is 5. The number of amides is 2. The Bertz CT molecular complexity index is 838. The van der Waals surface area contributed by atoms with Crippen LogP contribution in [0.1, 0.15) is 68.2 Å². The van der Waals surface area contributed by atoms with Crippen LogP contribution in [0.25, 0.3) is 0 Å². The van der Waals surface area contributed by atoms with E-state index in [-0.39, 0.29) is 28.0 Å². The number of esters is 1. The van der Waals surface area contributed by atoms with Crippen LogP contribution in [-0.4, -0.2) is 24.4 Å². The fraction of sp³-hybridized carbons (Fsp3) is 0.316. The lowest BCUT2D eigenvalue weighted by Crippen LogP contribution is -2.15. The molecule has 0 atom stereocenters. The summed E-state index contributed by atoms with van der Waals surface area (Å²) in [6.07, 6.45) is 0. The van der Waals surface area contributed by atoms with Crippen LogP contribution in [0.5, 0.6) is 0 Å². The number of ether oxygens (including phenoxy) is 1. The first kappa shape index (κ1) is 19.7. The molecule has 0 fully saturated rings. The van der Waals surface area contributed by atoms with Crippen LogP contribution in [0.15, 0.2) is 24.3 Å².